The first-order chi connectivity index (χ1) is 9.56. The van der Waals surface area contributed by atoms with Crippen LogP contribution in [0.1, 0.15) is 15.9 Å². The van der Waals surface area contributed by atoms with Gasteiger partial charge in [-0.05, 0) is 18.6 Å². The molecule has 1 saturated heterocycles. The first kappa shape index (κ1) is 14.3. The Hall–Kier alpha value is -2.08. The molecule has 1 aliphatic rings. The monoisotopic (exact) mass is 279 g/mol. The van der Waals surface area contributed by atoms with Crippen molar-refractivity contribution in [2.24, 2.45) is 0 Å². The van der Waals surface area contributed by atoms with Gasteiger partial charge in [0.05, 0.1) is 25.9 Å². The molecule has 0 aliphatic carbocycles. The molecule has 0 aromatic heterocycles. The lowest BCUT2D eigenvalue weighted by Gasteiger charge is -2.33. The number of aryl methyl sites for hydroxylation is 1. The molecule has 1 heterocycles. The highest BCUT2D eigenvalue weighted by atomic mass is 16.5. The highest BCUT2D eigenvalue weighted by molar-refractivity contribution is 5.99. The lowest BCUT2D eigenvalue weighted by Crippen LogP contribution is -2.53. The maximum atomic E-state index is 12.5. The van der Waals surface area contributed by atoms with E-state index in [9.17, 15) is 14.7 Å². The van der Waals surface area contributed by atoms with E-state index in [1.165, 1.54) is 18.1 Å². The molecular weight excluding hydrogens is 262 g/mol. The molecule has 1 unspecified atom stereocenters. The van der Waals surface area contributed by atoms with Crippen LogP contribution in [0.15, 0.2) is 18.2 Å². The number of amides is 1. The second kappa shape index (κ2) is 5.92. The van der Waals surface area contributed by atoms with E-state index in [0.717, 1.165) is 0 Å². The Balaban J connectivity index is 2.30. The third-order valence-electron chi connectivity index (χ3n) is 3.33. The Morgan fingerprint density at radius 1 is 1.45 bits per heavy atom. The summed E-state index contributed by atoms with van der Waals surface area (Å²) < 4.78 is 9.90. The predicted octanol–water partition coefficient (Wildman–Crippen LogP) is 0.715. The predicted molar refractivity (Wildman–Crippen MR) is 70.5 cm³/mol. The molecule has 1 fully saturated rings. The molecule has 1 atom stereocenters. The minimum atomic E-state index is -0.777. The fourth-order valence-corrected chi connectivity index (χ4v) is 2.16. The topological polar surface area (TPSA) is 76.1 Å². The number of rotatable bonds is 2. The first-order valence-electron chi connectivity index (χ1n) is 6.31. The molecule has 1 aromatic carbocycles. The van der Waals surface area contributed by atoms with Crippen molar-refractivity contribution in [3.63, 3.8) is 0 Å². The number of hydrogen-bond donors (Lipinski definition) is 1. The number of morpholine rings is 1. The standard InChI is InChI=1S/C14H17NO5/c1-9-4-3-5-10(12(9)16)13(17)15-6-7-20-8-11(15)14(18)19-2/h3-5,11,16H,6-8H2,1-2H3. The summed E-state index contributed by atoms with van der Waals surface area (Å²) in [6, 6.07) is 4.16. The SMILES string of the molecule is COC(=O)C1COCCN1C(=O)c1cccc(C)c1O. The normalized spacial score (nSPS) is 18.7. The van der Waals surface area contributed by atoms with Crippen molar-refractivity contribution in [1.29, 1.82) is 0 Å². The summed E-state index contributed by atoms with van der Waals surface area (Å²) in [6.45, 7) is 2.45. The molecule has 0 spiro atoms. The molecule has 0 radical (unpaired) electrons. The van der Waals surface area contributed by atoms with Crippen LogP contribution in [0.3, 0.4) is 0 Å². The van der Waals surface area contributed by atoms with Crippen molar-refractivity contribution in [2.45, 2.75) is 13.0 Å². The van der Waals surface area contributed by atoms with Crippen LogP contribution < -0.4 is 0 Å². The summed E-state index contributed by atoms with van der Waals surface area (Å²) in [5, 5.41) is 9.99. The summed E-state index contributed by atoms with van der Waals surface area (Å²) in [4.78, 5) is 25.6. The van der Waals surface area contributed by atoms with E-state index >= 15 is 0 Å². The number of carbonyl (C=O) groups excluding carboxylic acids is 2. The van der Waals surface area contributed by atoms with E-state index in [-0.39, 0.29) is 24.5 Å². The Morgan fingerprint density at radius 2 is 2.20 bits per heavy atom. The third kappa shape index (κ3) is 2.60. The van der Waals surface area contributed by atoms with Gasteiger partial charge in [-0.1, -0.05) is 12.1 Å². The summed E-state index contributed by atoms with van der Waals surface area (Å²) in [5.41, 5.74) is 0.791. The molecule has 6 heteroatoms. The number of aromatic hydroxyl groups is 1. The number of para-hydroxylation sites is 1. The van der Waals surface area contributed by atoms with Gasteiger partial charge >= 0.3 is 5.97 Å². The van der Waals surface area contributed by atoms with Crippen LogP contribution in [0.5, 0.6) is 5.75 Å². The van der Waals surface area contributed by atoms with Gasteiger partial charge in [0.1, 0.15) is 5.75 Å². The molecule has 0 bridgehead atoms. The van der Waals surface area contributed by atoms with Crippen molar-refractivity contribution in [2.75, 3.05) is 26.9 Å². The molecular formula is C14H17NO5. The molecule has 1 N–H and O–H groups in total. The van der Waals surface area contributed by atoms with Crippen LogP contribution in [0.4, 0.5) is 0 Å². The summed E-state index contributed by atoms with van der Waals surface area (Å²) in [5.74, 6) is -0.984. The summed E-state index contributed by atoms with van der Waals surface area (Å²) in [7, 11) is 1.27. The number of hydrogen-bond acceptors (Lipinski definition) is 5. The molecule has 1 aliphatic heterocycles. The second-order valence-electron chi connectivity index (χ2n) is 4.58. The van der Waals surface area contributed by atoms with Crippen LogP contribution in [-0.4, -0.2) is 54.8 Å². The number of carbonyl (C=O) groups is 2. The average Bonchev–Trinajstić information content (AvgIpc) is 2.48. The number of phenols is 1. The van der Waals surface area contributed by atoms with E-state index in [2.05, 4.69) is 4.74 Å². The summed E-state index contributed by atoms with van der Waals surface area (Å²) in [6.07, 6.45) is 0. The molecule has 1 amide bonds. The van der Waals surface area contributed by atoms with Crippen LogP contribution in [0, 0.1) is 6.92 Å². The van der Waals surface area contributed by atoms with Gasteiger partial charge in [-0.25, -0.2) is 4.79 Å². The molecule has 1 aromatic rings. The van der Waals surface area contributed by atoms with Crippen molar-refractivity contribution in [1.82, 2.24) is 4.90 Å². The molecule has 0 saturated carbocycles. The number of nitrogens with zero attached hydrogens (tertiary/aromatic N) is 1. The Bertz CT molecular complexity index is 528. The first-order valence-corrected chi connectivity index (χ1v) is 6.31. The van der Waals surface area contributed by atoms with Crippen LogP contribution in [-0.2, 0) is 14.3 Å². The van der Waals surface area contributed by atoms with E-state index < -0.39 is 17.9 Å². The minimum Gasteiger partial charge on any atom is -0.507 e. The lowest BCUT2D eigenvalue weighted by atomic mass is 10.1. The average molecular weight is 279 g/mol. The van der Waals surface area contributed by atoms with Crippen molar-refractivity contribution >= 4 is 11.9 Å². The zero-order chi connectivity index (χ0) is 14.7. The van der Waals surface area contributed by atoms with Crippen molar-refractivity contribution in [3.8, 4) is 5.75 Å². The van der Waals surface area contributed by atoms with Gasteiger partial charge in [-0.3, -0.25) is 4.79 Å². The molecule has 6 nitrogen and oxygen atoms in total. The smallest absolute Gasteiger partial charge is 0.331 e. The molecule has 108 valence electrons. The number of ether oxygens (including phenoxy) is 2. The minimum absolute atomic E-state index is 0.0624. The third-order valence-corrected chi connectivity index (χ3v) is 3.33. The van der Waals surface area contributed by atoms with E-state index in [1.807, 2.05) is 0 Å². The maximum Gasteiger partial charge on any atom is 0.331 e. The zero-order valence-corrected chi connectivity index (χ0v) is 11.5. The van der Waals surface area contributed by atoms with Gasteiger partial charge in [-0.15, -0.1) is 0 Å². The van der Waals surface area contributed by atoms with Gasteiger partial charge in [0.25, 0.3) is 5.91 Å². The lowest BCUT2D eigenvalue weighted by molar-refractivity contribution is -0.151. The van der Waals surface area contributed by atoms with E-state index in [4.69, 9.17) is 4.74 Å². The highest BCUT2D eigenvalue weighted by Crippen LogP contribution is 2.24. The molecule has 2 rings (SSSR count). The second-order valence-corrected chi connectivity index (χ2v) is 4.58. The number of esters is 1. The fraction of sp³-hybridized carbons (Fsp3) is 0.429. The van der Waals surface area contributed by atoms with E-state index in [0.29, 0.717) is 12.2 Å². The number of phenolic OH excluding ortho intramolecular Hbond substituents is 1. The quantitative estimate of drug-likeness (QED) is 0.807. The Kier molecular flexibility index (Phi) is 4.24. The number of methoxy groups -OCH3 is 1. The van der Waals surface area contributed by atoms with Gasteiger partial charge in [0, 0.05) is 6.54 Å². The fourth-order valence-electron chi connectivity index (χ4n) is 2.16. The largest absolute Gasteiger partial charge is 0.507 e. The number of benzene rings is 1. The van der Waals surface area contributed by atoms with Crippen LogP contribution in [0.25, 0.3) is 0 Å². The highest BCUT2D eigenvalue weighted by Gasteiger charge is 2.35. The van der Waals surface area contributed by atoms with Crippen LogP contribution >= 0.6 is 0 Å². The Labute approximate surface area is 116 Å². The zero-order valence-electron chi connectivity index (χ0n) is 11.5. The van der Waals surface area contributed by atoms with Crippen molar-refractivity contribution < 1.29 is 24.2 Å². The molecule has 20 heavy (non-hydrogen) atoms. The maximum absolute atomic E-state index is 12.5. The van der Waals surface area contributed by atoms with Crippen molar-refractivity contribution in [3.05, 3.63) is 29.3 Å². The van der Waals surface area contributed by atoms with Gasteiger partial charge in [-0.2, -0.15) is 0 Å². The van der Waals surface area contributed by atoms with Gasteiger partial charge in [0.2, 0.25) is 0 Å². The summed E-state index contributed by atoms with van der Waals surface area (Å²) >= 11 is 0. The van der Waals surface area contributed by atoms with Gasteiger partial charge < -0.3 is 19.5 Å². The van der Waals surface area contributed by atoms with Crippen LogP contribution in [0.2, 0.25) is 0 Å². The van der Waals surface area contributed by atoms with Gasteiger partial charge in [0.15, 0.2) is 6.04 Å². The Morgan fingerprint density at radius 3 is 2.90 bits per heavy atom. The van der Waals surface area contributed by atoms with E-state index in [1.54, 1.807) is 19.1 Å².